The van der Waals surface area contributed by atoms with E-state index in [0.717, 1.165) is 10.9 Å². The van der Waals surface area contributed by atoms with Gasteiger partial charge in [-0.1, -0.05) is 6.07 Å². The Morgan fingerprint density at radius 3 is 2.88 bits per heavy atom. The predicted molar refractivity (Wildman–Crippen MR) is 89.0 cm³/mol. The van der Waals surface area contributed by atoms with E-state index >= 15 is 0 Å². The second kappa shape index (κ2) is 6.49. The van der Waals surface area contributed by atoms with E-state index < -0.39 is 5.97 Å². The van der Waals surface area contributed by atoms with Crippen molar-refractivity contribution in [1.29, 1.82) is 0 Å². The summed E-state index contributed by atoms with van der Waals surface area (Å²) in [6.45, 7) is 2.20. The number of rotatable bonds is 4. The Bertz CT molecular complexity index is 803. The van der Waals surface area contributed by atoms with Gasteiger partial charge in [0.15, 0.2) is 0 Å². The van der Waals surface area contributed by atoms with Gasteiger partial charge in [0.1, 0.15) is 5.82 Å². The second-order valence-corrected chi connectivity index (χ2v) is 7.05. The van der Waals surface area contributed by atoms with Gasteiger partial charge in [0.25, 0.3) is 5.91 Å². The van der Waals surface area contributed by atoms with Crippen LogP contribution >= 0.6 is 11.3 Å². The van der Waals surface area contributed by atoms with Crippen LogP contribution in [0, 0.1) is 12.7 Å². The van der Waals surface area contributed by atoms with E-state index in [4.69, 9.17) is 9.84 Å². The Morgan fingerprint density at radius 2 is 2.21 bits per heavy atom. The standard InChI is InChI=1S/C17H18FNO4S/c1-9-13-4-3-10(18)5-14(13)24-16(9)17(22)19-8-12(23-2)6-11(19)7-15(20)21/h3-5,11-12H,6-8H2,1-2H3,(H,20,21). The zero-order valence-electron chi connectivity index (χ0n) is 13.4. The molecule has 7 heteroatoms. The molecule has 24 heavy (non-hydrogen) atoms. The van der Waals surface area contributed by atoms with E-state index in [9.17, 15) is 14.0 Å². The Balaban J connectivity index is 1.95. The molecule has 1 aliphatic heterocycles. The van der Waals surface area contributed by atoms with Crippen LogP contribution in [0.15, 0.2) is 18.2 Å². The number of thiophene rings is 1. The molecule has 1 aromatic carbocycles. The first-order valence-corrected chi connectivity index (χ1v) is 8.46. The maximum atomic E-state index is 13.4. The van der Waals surface area contributed by atoms with Gasteiger partial charge in [-0.25, -0.2) is 4.39 Å². The van der Waals surface area contributed by atoms with Gasteiger partial charge in [0, 0.05) is 24.4 Å². The molecule has 0 aliphatic carbocycles. The Kier molecular flexibility index (Phi) is 4.56. The molecule has 128 valence electrons. The summed E-state index contributed by atoms with van der Waals surface area (Å²) in [5.41, 5.74) is 0.801. The number of hydrogen-bond acceptors (Lipinski definition) is 4. The number of carboxylic acid groups (broad SMARTS) is 1. The van der Waals surface area contributed by atoms with Gasteiger partial charge in [-0.15, -0.1) is 11.3 Å². The third-order valence-electron chi connectivity index (χ3n) is 4.48. The second-order valence-electron chi connectivity index (χ2n) is 6.00. The first kappa shape index (κ1) is 16.9. The number of carboxylic acids is 1. The number of carbonyl (C=O) groups excluding carboxylic acids is 1. The summed E-state index contributed by atoms with van der Waals surface area (Å²) in [6.07, 6.45) is 0.238. The fourth-order valence-electron chi connectivity index (χ4n) is 3.22. The average molecular weight is 351 g/mol. The van der Waals surface area contributed by atoms with Gasteiger partial charge in [0.2, 0.25) is 0 Å². The van der Waals surface area contributed by atoms with Gasteiger partial charge >= 0.3 is 5.97 Å². The molecule has 2 aromatic rings. The first-order valence-electron chi connectivity index (χ1n) is 7.65. The summed E-state index contributed by atoms with van der Waals surface area (Å²) in [5, 5.41) is 9.93. The highest BCUT2D eigenvalue weighted by atomic mass is 32.1. The lowest BCUT2D eigenvalue weighted by molar-refractivity contribution is -0.137. The molecule has 1 saturated heterocycles. The molecule has 0 bridgehead atoms. The van der Waals surface area contributed by atoms with E-state index in [0.29, 0.717) is 22.5 Å². The minimum Gasteiger partial charge on any atom is -0.481 e. The minimum absolute atomic E-state index is 0.107. The van der Waals surface area contributed by atoms with Crippen LogP contribution in [0.1, 0.15) is 28.1 Å². The zero-order chi connectivity index (χ0) is 17.4. The molecule has 1 fully saturated rings. The number of ether oxygens (including phenoxy) is 1. The smallest absolute Gasteiger partial charge is 0.305 e. The maximum absolute atomic E-state index is 13.4. The highest BCUT2D eigenvalue weighted by Crippen LogP contribution is 2.34. The molecule has 0 spiro atoms. The number of fused-ring (bicyclic) bond motifs is 1. The number of aryl methyl sites for hydroxylation is 1. The average Bonchev–Trinajstić information content (AvgIpc) is 3.07. The van der Waals surface area contributed by atoms with Gasteiger partial charge in [-0.05, 0) is 36.4 Å². The summed E-state index contributed by atoms with van der Waals surface area (Å²) in [4.78, 5) is 26.2. The predicted octanol–water partition coefficient (Wildman–Crippen LogP) is 3.05. The molecule has 0 radical (unpaired) electrons. The fraction of sp³-hybridized carbons (Fsp3) is 0.412. The van der Waals surface area contributed by atoms with Crippen LogP contribution in [-0.2, 0) is 9.53 Å². The molecule has 1 aromatic heterocycles. The normalized spacial score (nSPS) is 20.7. The highest BCUT2D eigenvalue weighted by molar-refractivity contribution is 7.21. The van der Waals surface area contributed by atoms with Crippen LogP contribution in [0.3, 0.4) is 0 Å². The topological polar surface area (TPSA) is 66.8 Å². The number of hydrogen-bond donors (Lipinski definition) is 1. The number of amides is 1. The molecule has 3 rings (SSSR count). The third kappa shape index (κ3) is 3.01. The van der Waals surface area contributed by atoms with Gasteiger partial charge < -0.3 is 14.7 Å². The zero-order valence-corrected chi connectivity index (χ0v) is 14.2. The molecule has 1 amide bonds. The molecule has 0 saturated carbocycles. The van der Waals surface area contributed by atoms with E-state index in [1.165, 1.54) is 23.5 Å². The summed E-state index contributed by atoms with van der Waals surface area (Å²) >= 11 is 1.24. The number of aliphatic carboxylic acids is 1. The monoisotopic (exact) mass is 351 g/mol. The Labute approximate surface area is 142 Å². The number of nitrogens with zero attached hydrogens (tertiary/aromatic N) is 1. The van der Waals surface area contributed by atoms with Crippen molar-refractivity contribution in [2.24, 2.45) is 0 Å². The van der Waals surface area contributed by atoms with Gasteiger partial charge in [-0.3, -0.25) is 9.59 Å². The number of halogens is 1. The van der Waals surface area contributed by atoms with Crippen LogP contribution < -0.4 is 0 Å². The molecule has 1 aliphatic rings. The summed E-state index contributed by atoms with van der Waals surface area (Å²) in [6, 6.07) is 4.08. The minimum atomic E-state index is -0.940. The van der Waals surface area contributed by atoms with Crippen molar-refractivity contribution in [1.82, 2.24) is 4.90 Å². The van der Waals surface area contributed by atoms with Crippen molar-refractivity contribution in [2.45, 2.75) is 31.9 Å². The maximum Gasteiger partial charge on any atom is 0.305 e. The molecule has 2 unspecified atom stereocenters. The Hall–Kier alpha value is -1.99. The largest absolute Gasteiger partial charge is 0.481 e. The van der Waals surface area contributed by atoms with E-state index in [1.807, 2.05) is 6.92 Å². The quantitative estimate of drug-likeness (QED) is 0.919. The van der Waals surface area contributed by atoms with Crippen LogP contribution in [0.2, 0.25) is 0 Å². The van der Waals surface area contributed by atoms with Crippen LogP contribution in [0.4, 0.5) is 4.39 Å². The van der Waals surface area contributed by atoms with Crippen molar-refractivity contribution in [2.75, 3.05) is 13.7 Å². The van der Waals surface area contributed by atoms with Crippen molar-refractivity contribution < 1.29 is 23.8 Å². The van der Waals surface area contributed by atoms with Gasteiger partial charge in [0.05, 0.1) is 17.4 Å². The molecule has 1 N–H and O–H groups in total. The lowest BCUT2D eigenvalue weighted by atomic mass is 10.1. The molecular weight excluding hydrogens is 333 g/mol. The van der Waals surface area contributed by atoms with Crippen LogP contribution in [-0.4, -0.2) is 47.7 Å². The first-order chi connectivity index (χ1) is 11.4. The van der Waals surface area contributed by atoms with Crippen molar-refractivity contribution in [3.8, 4) is 0 Å². The van der Waals surface area contributed by atoms with Crippen LogP contribution in [0.25, 0.3) is 10.1 Å². The summed E-state index contributed by atoms with van der Waals surface area (Å²) < 4.78 is 19.4. The van der Waals surface area contributed by atoms with Crippen molar-refractivity contribution in [3.05, 3.63) is 34.5 Å². The van der Waals surface area contributed by atoms with Crippen molar-refractivity contribution >= 4 is 33.3 Å². The number of benzene rings is 1. The number of likely N-dealkylation sites (tertiary alicyclic amines) is 1. The Morgan fingerprint density at radius 1 is 1.46 bits per heavy atom. The lowest BCUT2D eigenvalue weighted by Gasteiger charge is -2.23. The fourth-order valence-corrected chi connectivity index (χ4v) is 4.41. The van der Waals surface area contributed by atoms with Crippen molar-refractivity contribution in [3.63, 3.8) is 0 Å². The molecule has 2 heterocycles. The van der Waals surface area contributed by atoms with E-state index in [-0.39, 0.29) is 30.3 Å². The molecule has 5 nitrogen and oxygen atoms in total. The van der Waals surface area contributed by atoms with E-state index in [2.05, 4.69) is 0 Å². The molecule has 2 atom stereocenters. The number of methoxy groups -OCH3 is 1. The summed E-state index contributed by atoms with van der Waals surface area (Å²) in [7, 11) is 1.56. The highest BCUT2D eigenvalue weighted by Gasteiger charge is 2.38. The lowest BCUT2D eigenvalue weighted by Crippen LogP contribution is -2.37. The SMILES string of the molecule is COC1CC(CC(=O)O)N(C(=O)c2sc3cc(F)ccc3c2C)C1. The third-order valence-corrected chi connectivity index (χ3v) is 5.72. The summed E-state index contributed by atoms with van der Waals surface area (Å²) in [5.74, 6) is -1.49. The molecular formula is C17H18FNO4S. The van der Waals surface area contributed by atoms with E-state index in [1.54, 1.807) is 18.1 Å². The van der Waals surface area contributed by atoms with Gasteiger partial charge in [-0.2, -0.15) is 0 Å². The number of carbonyl (C=O) groups is 2. The van der Waals surface area contributed by atoms with Crippen LogP contribution in [0.5, 0.6) is 0 Å².